The quantitative estimate of drug-likeness (QED) is 0.194. The van der Waals surface area contributed by atoms with Crippen LogP contribution in [-0.4, -0.2) is 44.1 Å². The van der Waals surface area contributed by atoms with Crippen LogP contribution >= 0.6 is 0 Å². The Bertz CT molecular complexity index is 1460. The van der Waals surface area contributed by atoms with Crippen molar-refractivity contribution in [2.24, 2.45) is 5.41 Å². The van der Waals surface area contributed by atoms with Crippen molar-refractivity contribution in [1.82, 2.24) is 0 Å². The summed E-state index contributed by atoms with van der Waals surface area (Å²) in [7, 11) is -3.23. The van der Waals surface area contributed by atoms with Crippen LogP contribution in [0, 0.1) is 5.41 Å². The number of phenolic OH excluding ortho intramolecular Hbond substituents is 1. The van der Waals surface area contributed by atoms with Crippen LogP contribution in [0.5, 0.6) is 5.75 Å². The predicted octanol–water partition coefficient (Wildman–Crippen LogP) is 7.16. The standard InChI is InChI=1S/C35H44O7S/c1-7-26(28-13-15-29(16-14-28)32(37)41-21-22-43(6,39)40)24-35(5,23-25(2)27-17-19-31(36)20-18-27)33(38)42-34(3,4)30-11-9-8-10-12-30/h8-20,25-26,36H,7,21-24H2,1-6H3. The minimum atomic E-state index is -3.23. The Hall–Kier alpha value is -3.65. The van der Waals surface area contributed by atoms with Gasteiger partial charge in [-0.25, -0.2) is 13.2 Å². The molecule has 0 heterocycles. The second-order valence-electron chi connectivity index (χ2n) is 12.2. The van der Waals surface area contributed by atoms with E-state index in [4.69, 9.17) is 9.47 Å². The molecule has 0 radical (unpaired) electrons. The molecule has 8 heteroatoms. The van der Waals surface area contributed by atoms with E-state index in [-0.39, 0.29) is 35.9 Å². The maximum absolute atomic E-state index is 14.1. The number of ether oxygens (including phenoxy) is 2. The summed E-state index contributed by atoms with van der Waals surface area (Å²) in [4.78, 5) is 26.5. The van der Waals surface area contributed by atoms with Crippen LogP contribution in [-0.2, 0) is 29.7 Å². The Balaban J connectivity index is 1.85. The van der Waals surface area contributed by atoms with Crippen LogP contribution in [0.4, 0.5) is 0 Å². The summed E-state index contributed by atoms with van der Waals surface area (Å²) < 4.78 is 34.1. The van der Waals surface area contributed by atoms with Crippen molar-refractivity contribution < 1.29 is 32.6 Å². The van der Waals surface area contributed by atoms with Crippen molar-refractivity contribution in [3.05, 3.63) is 101 Å². The van der Waals surface area contributed by atoms with E-state index < -0.39 is 26.8 Å². The van der Waals surface area contributed by atoms with Crippen molar-refractivity contribution in [2.75, 3.05) is 18.6 Å². The number of esters is 2. The first-order chi connectivity index (χ1) is 20.1. The van der Waals surface area contributed by atoms with Gasteiger partial charge in [-0.05, 0) is 92.8 Å². The van der Waals surface area contributed by atoms with Gasteiger partial charge in [0.1, 0.15) is 18.0 Å². The summed E-state index contributed by atoms with van der Waals surface area (Å²) in [5.41, 5.74) is 1.55. The third kappa shape index (κ3) is 9.68. The van der Waals surface area contributed by atoms with E-state index in [1.165, 1.54) is 0 Å². The number of rotatable bonds is 14. The minimum absolute atomic E-state index is 0.000268. The molecule has 0 saturated heterocycles. The lowest BCUT2D eigenvalue weighted by Crippen LogP contribution is -2.38. The molecule has 0 aliphatic heterocycles. The van der Waals surface area contributed by atoms with Gasteiger partial charge in [0.15, 0.2) is 9.84 Å². The predicted molar refractivity (Wildman–Crippen MR) is 169 cm³/mol. The lowest BCUT2D eigenvalue weighted by molar-refractivity contribution is -0.171. The molecule has 0 aliphatic rings. The van der Waals surface area contributed by atoms with Crippen LogP contribution in [0.2, 0.25) is 0 Å². The molecule has 3 aromatic rings. The van der Waals surface area contributed by atoms with Crippen LogP contribution < -0.4 is 0 Å². The van der Waals surface area contributed by atoms with Gasteiger partial charge in [0, 0.05) is 6.26 Å². The fourth-order valence-corrected chi connectivity index (χ4v) is 5.79. The van der Waals surface area contributed by atoms with Gasteiger partial charge < -0.3 is 14.6 Å². The fourth-order valence-electron chi connectivity index (χ4n) is 5.40. The average Bonchev–Trinajstić information content (AvgIpc) is 2.96. The Kier molecular flexibility index (Phi) is 11.2. The zero-order chi connectivity index (χ0) is 31.8. The lowest BCUT2D eigenvalue weighted by Gasteiger charge is -2.37. The number of hydrogen-bond acceptors (Lipinski definition) is 7. The third-order valence-electron chi connectivity index (χ3n) is 8.02. The molecule has 0 amide bonds. The van der Waals surface area contributed by atoms with Crippen LogP contribution in [0.25, 0.3) is 0 Å². The molecule has 7 nitrogen and oxygen atoms in total. The molecule has 3 rings (SSSR count). The van der Waals surface area contributed by atoms with Crippen molar-refractivity contribution in [2.45, 2.75) is 71.3 Å². The molecule has 0 bridgehead atoms. The van der Waals surface area contributed by atoms with Gasteiger partial charge in [-0.3, -0.25) is 4.79 Å². The monoisotopic (exact) mass is 608 g/mol. The molecule has 3 atom stereocenters. The van der Waals surface area contributed by atoms with E-state index in [1.54, 1.807) is 24.3 Å². The van der Waals surface area contributed by atoms with Crippen LogP contribution in [0.3, 0.4) is 0 Å². The van der Waals surface area contributed by atoms with Gasteiger partial charge in [-0.15, -0.1) is 0 Å². The Morgan fingerprint density at radius 1 is 0.860 bits per heavy atom. The third-order valence-corrected chi connectivity index (χ3v) is 8.93. The molecule has 0 aliphatic carbocycles. The van der Waals surface area contributed by atoms with Crippen molar-refractivity contribution in [1.29, 1.82) is 0 Å². The first-order valence-electron chi connectivity index (χ1n) is 14.7. The second kappa shape index (κ2) is 14.2. The highest BCUT2D eigenvalue weighted by Crippen LogP contribution is 2.43. The zero-order valence-electron chi connectivity index (χ0n) is 26.0. The van der Waals surface area contributed by atoms with E-state index in [0.717, 1.165) is 29.4 Å². The van der Waals surface area contributed by atoms with Crippen molar-refractivity contribution in [3.8, 4) is 5.75 Å². The highest BCUT2D eigenvalue weighted by Gasteiger charge is 2.41. The van der Waals surface area contributed by atoms with Gasteiger partial charge in [0.2, 0.25) is 0 Å². The smallest absolute Gasteiger partial charge is 0.338 e. The number of hydrogen-bond donors (Lipinski definition) is 1. The molecule has 3 unspecified atom stereocenters. The topological polar surface area (TPSA) is 107 Å². The largest absolute Gasteiger partial charge is 0.508 e. The number of carbonyl (C=O) groups is 2. The normalized spacial score (nSPS) is 14.7. The molecular formula is C35H44O7S. The molecule has 1 N–H and O–H groups in total. The summed E-state index contributed by atoms with van der Waals surface area (Å²) >= 11 is 0. The van der Waals surface area contributed by atoms with Gasteiger partial charge >= 0.3 is 11.9 Å². The molecule has 232 valence electrons. The average molecular weight is 609 g/mol. The summed E-state index contributed by atoms with van der Waals surface area (Å²) in [6.45, 7) is 9.70. The Morgan fingerprint density at radius 3 is 2.00 bits per heavy atom. The Labute approximate surface area is 256 Å². The summed E-state index contributed by atoms with van der Waals surface area (Å²) in [5, 5.41) is 9.77. The summed E-state index contributed by atoms with van der Waals surface area (Å²) in [6.07, 6.45) is 2.91. The van der Waals surface area contributed by atoms with Gasteiger partial charge in [-0.2, -0.15) is 0 Å². The zero-order valence-corrected chi connectivity index (χ0v) is 26.8. The van der Waals surface area contributed by atoms with Crippen LogP contribution in [0.15, 0.2) is 78.9 Å². The van der Waals surface area contributed by atoms with E-state index >= 15 is 0 Å². The molecular weight excluding hydrogens is 564 g/mol. The second-order valence-corrected chi connectivity index (χ2v) is 14.5. The van der Waals surface area contributed by atoms with Crippen molar-refractivity contribution >= 4 is 21.8 Å². The molecule has 0 aromatic heterocycles. The molecule has 0 fully saturated rings. The van der Waals surface area contributed by atoms with Crippen molar-refractivity contribution in [3.63, 3.8) is 0 Å². The van der Waals surface area contributed by atoms with Gasteiger partial charge in [0.05, 0.1) is 16.7 Å². The SMILES string of the molecule is CCC(CC(C)(CC(C)c1ccc(O)cc1)C(=O)OC(C)(C)c1ccccc1)c1ccc(C(=O)OCCS(C)(=O)=O)cc1. The maximum Gasteiger partial charge on any atom is 0.338 e. The fraction of sp³-hybridized carbons (Fsp3) is 0.429. The molecule has 0 saturated carbocycles. The first-order valence-corrected chi connectivity index (χ1v) is 16.7. The number of phenols is 1. The van der Waals surface area contributed by atoms with Gasteiger partial charge in [-0.1, -0.05) is 68.4 Å². The van der Waals surface area contributed by atoms with E-state index in [1.807, 2.05) is 75.4 Å². The maximum atomic E-state index is 14.1. The highest BCUT2D eigenvalue weighted by atomic mass is 32.2. The van der Waals surface area contributed by atoms with E-state index in [0.29, 0.717) is 18.4 Å². The number of benzene rings is 3. The number of carbonyl (C=O) groups excluding carboxylic acids is 2. The minimum Gasteiger partial charge on any atom is -0.508 e. The van der Waals surface area contributed by atoms with Crippen LogP contribution in [0.1, 0.15) is 92.8 Å². The first kappa shape index (κ1) is 33.8. The highest BCUT2D eigenvalue weighted by molar-refractivity contribution is 7.90. The van der Waals surface area contributed by atoms with E-state index in [2.05, 4.69) is 13.8 Å². The molecule has 43 heavy (non-hydrogen) atoms. The lowest BCUT2D eigenvalue weighted by atomic mass is 9.71. The van der Waals surface area contributed by atoms with Gasteiger partial charge in [0.25, 0.3) is 0 Å². The Morgan fingerprint density at radius 2 is 1.44 bits per heavy atom. The number of aromatic hydroxyl groups is 1. The molecule has 0 spiro atoms. The summed E-state index contributed by atoms with van der Waals surface area (Å²) in [5.74, 6) is -0.887. The van der Waals surface area contributed by atoms with E-state index in [9.17, 15) is 23.1 Å². The summed E-state index contributed by atoms with van der Waals surface area (Å²) in [6, 6.07) is 23.8. The molecule has 3 aromatic carbocycles. The number of sulfone groups is 1.